The molecule has 0 heterocycles. The molecule has 0 amide bonds. The minimum atomic E-state index is -0.368. The Morgan fingerprint density at radius 3 is 2.17 bits per heavy atom. The summed E-state index contributed by atoms with van der Waals surface area (Å²) in [6.45, 7) is 1.94. The Balaban J connectivity index is 2.14. The van der Waals surface area contributed by atoms with Gasteiger partial charge < -0.3 is 4.74 Å². The van der Waals surface area contributed by atoms with Crippen molar-refractivity contribution < 1.29 is 4.74 Å². The predicted molar refractivity (Wildman–Crippen MR) is 72.2 cm³/mol. The zero-order valence-corrected chi connectivity index (χ0v) is 10.3. The molecular weight excluding hydrogens is 222 g/mol. The smallest absolute Gasteiger partial charge is 0.184 e. The van der Waals surface area contributed by atoms with E-state index in [1.807, 2.05) is 49.4 Å². The van der Waals surface area contributed by atoms with Gasteiger partial charge in [-0.3, -0.25) is 0 Å². The average Bonchev–Trinajstić information content (AvgIpc) is 2.46. The summed E-state index contributed by atoms with van der Waals surface area (Å²) < 4.78 is 5.54. The van der Waals surface area contributed by atoms with Gasteiger partial charge in [0, 0.05) is 0 Å². The summed E-state index contributed by atoms with van der Waals surface area (Å²) in [5.41, 5.74) is 2.32. The molecule has 2 aromatic rings. The Bertz CT molecular complexity index is 525. The van der Waals surface area contributed by atoms with E-state index >= 15 is 0 Å². The fourth-order valence-electron chi connectivity index (χ4n) is 1.72. The van der Waals surface area contributed by atoms with Gasteiger partial charge in [-0.05, 0) is 29.7 Å². The number of nitrogens with zero attached hydrogens (tertiary/aromatic N) is 1. The molecule has 0 spiro atoms. The molecule has 90 valence electrons. The second-order valence-electron chi connectivity index (χ2n) is 4.03. The van der Waals surface area contributed by atoms with Gasteiger partial charge in [-0.15, -0.1) is 0 Å². The van der Waals surface area contributed by atoms with E-state index in [0.717, 1.165) is 11.3 Å². The minimum absolute atomic E-state index is 0.368. The molecule has 0 aliphatic heterocycles. The topological polar surface area (TPSA) is 33.0 Å². The first-order valence-electron chi connectivity index (χ1n) is 6.05. The minimum Gasteiger partial charge on any atom is -0.476 e. The molecule has 0 fully saturated rings. The molecule has 2 aromatic carbocycles. The Morgan fingerprint density at radius 1 is 1.00 bits per heavy atom. The van der Waals surface area contributed by atoms with Gasteiger partial charge >= 0.3 is 0 Å². The lowest BCUT2D eigenvalue weighted by atomic mass is 10.1. The Hall–Kier alpha value is -2.27. The Labute approximate surface area is 107 Å². The number of hydrogen-bond acceptors (Lipinski definition) is 2. The van der Waals surface area contributed by atoms with E-state index in [-0.39, 0.29) is 6.10 Å². The number of rotatable bonds is 4. The maximum absolute atomic E-state index is 8.84. The van der Waals surface area contributed by atoms with Crippen molar-refractivity contribution in [2.24, 2.45) is 0 Å². The lowest BCUT2D eigenvalue weighted by Gasteiger charge is -2.10. The van der Waals surface area contributed by atoms with Crippen molar-refractivity contribution in [1.29, 1.82) is 5.26 Å². The molecule has 18 heavy (non-hydrogen) atoms. The van der Waals surface area contributed by atoms with Gasteiger partial charge in [-0.25, -0.2) is 0 Å². The van der Waals surface area contributed by atoms with E-state index in [0.29, 0.717) is 6.42 Å². The van der Waals surface area contributed by atoms with Crippen LogP contribution in [-0.2, 0) is 0 Å². The lowest BCUT2D eigenvalue weighted by Crippen LogP contribution is -2.11. The van der Waals surface area contributed by atoms with Crippen LogP contribution in [-0.4, -0.2) is 6.10 Å². The first-order valence-corrected chi connectivity index (χ1v) is 6.05. The highest BCUT2D eigenvalue weighted by Crippen LogP contribution is 2.22. The summed E-state index contributed by atoms with van der Waals surface area (Å²) in [7, 11) is 0. The third kappa shape index (κ3) is 2.89. The highest BCUT2D eigenvalue weighted by atomic mass is 16.5. The second-order valence-corrected chi connectivity index (χ2v) is 4.03. The van der Waals surface area contributed by atoms with Crippen molar-refractivity contribution in [2.75, 3.05) is 0 Å². The quantitative estimate of drug-likeness (QED) is 0.804. The molecule has 0 saturated carbocycles. The molecule has 0 radical (unpaired) electrons. The summed E-state index contributed by atoms with van der Waals surface area (Å²) in [4.78, 5) is 0. The zero-order valence-electron chi connectivity index (χ0n) is 10.3. The van der Waals surface area contributed by atoms with Gasteiger partial charge in [0.2, 0.25) is 0 Å². The molecule has 0 aliphatic carbocycles. The van der Waals surface area contributed by atoms with E-state index in [9.17, 15) is 0 Å². The Kier molecular flexibility index (Phi) is 3.98. The third-order valence-electron chi connectivity index (χ3n) is 2.75. The lowest BCUT2D eigenvalue weighted by molar-refractivity contribution is 0.252. The molecule has 1 atom stereocenters. The molecule has 0 bridgehead atoms. The van der Waals surface area contributed by atoms with Crippen LogP contribution in [0.1, 0.15) is 13.3 Å². The fraction of sp³-hybridized carbons (Fsp3) is 0.188. The highest BCUT2D eigenvalue weighted by molar-refractivity contribution is 5.63. The van der Waals surface area contributed by atoms with Crippen molar-refractivity contribution in [3.8, 4) is 22.9 Å². The van der Waals surface area contributed by atoms with Gasteiger partial charge in [0.25, 0.3) is 0 Å². The molecule has 2 heteroatoms. The number of hydrogen-bond donors (Lipinski definition) is 0. The van der Waals surface area contributed by atoms with E-state index < -0.39 is 0 Å². The molecule has 2 rings (SSSR count). The van der Waals surface area contributed by atoms with Crippen LogP contribution >= 0.6 is 0 Å². The largest absolute Gasteiger partial charge is 0.476 e. The van der Waals surface area contributed by atoms with Crippen molar-refractivity contribution in [2.45, 2.75) is 19.4 Å². The average molecular weight is 237 g/mol. The van der Waals surface area contributed by atoms with Gasteiger partial charge in [0.15, 0.2) is 6.10 Å². The molecule has 0 aliphatic rings. The standard InChI is InChI=1S/C16H15NO/c1-2-15(12-17)18-16-10-8-14(9-11-16)13-6-4-3-5-7-13/h3-11,15H,2H2,1H3. The van der Waals surface area contributed by atoms with Crippen LogP contribution in [0.15, 0.2) is 54.6 Å². The van der Waals surface area contributed by atoms with E-state index in [1.165, 1.54) is 5.56 Å². The summed E-state index contributed by atoms with van der Waals surface area (Å²) >= 11 is 0. The molecule has 2 nitrogen and oxygen atoms in total. The van der Waals surface area contributed by atoms with Gasteiger partial charge in [0.05, 0.1) is 0 Å². The molecule has 0 saturated heterocycles. The highest BCUT2D eigenvalue weighted by Gasteiger charge is 2.05. The first kappa shape index (κ1) is 12.2. The number of ether oxygens (including phenoxy) is 1. The van der Waals surface area contributed by atoms with Crippen LogP contribution in [0.5, 0.6) is 5.75 Å². The van der Waals surface area contributed by atoms with Gasteiger partial charge in [-0.2, -0.15) is 5.26 Å². The SMILES string of the molecule is CCC(C#N)Oc1ccc(-c2ccccc2)cc1. The number of nitriles is 1. The number of benzene rings is 2. The first-order chi connectivity index (χ1) is 8.83. The monoisotopic (exact) mass is 237 g/mol. The predicted octanol–water partition coefficient (Wildman–Crippen LogP) is 4.03. The van der Waals surface area contributed by atoms with Crippen LogP contribution in [0.2, 0.25) is 0 Å². The third-order valence-corrected chi connectivity index (χ3v) is 2.75. The van der Waals surface area contributed by atoms with E-state index in [1.54, 1.807) is 0 Å². The van der Waals surface area contributed by atoms with E-state index in [4.69, 9.17) is 10.00 Å². The normalized spacial score (nSPS) is 11.6. The van der Waals surface area contributed by atoms with Crippen molar-refractivity contribution in [1.82, 2.24) is 0 Å². The molecule has 0 aromatic heterocycles. The fourth-order valence-corrected chi connectivity index (χ4v) is 1.72. The summed E-state index contributed by atoms with van der Waals surface area (Å²) in [5, 5.41) is 8.84. The maximum Gasteiger partial charge on any atom is 0.184 e. The van der Waals surface area contributed by atoms with Crippen LogP contribution in [0.4, 0.5) is 0 Å². The van der Waals surface area contributed by atoms with Gasteiger partial charge in [0.1, 0.15) is 11.8 Å². The summed E-state index contributed by atoms with van der Waals surface area (Å²) in [5.74, 6) is 0.739. The molecule has 0 N–H and O–H groups in total. The Morgan fingerprint density at radius 2 is 1.61 bits per heavy atom. The maximum atomic E-state index is 8.84. The van der Waals surface area contributed by atoms with Crippen LogP contribution in [0.25, 0.3) is 11.1 Å². The van der Waals surface area contributed by atoms with Crippen molar-refractivity contribution in [3.63, 3.8) is 0 Å². The van der Waals surface area contributed by atoms with Gasteiger partial charge in [-0.1, -0.05) is 49.4 Å². The molecular formula is C16H15NO. The summed E-state index contributed by atoms with van der Waals surface area (Å²) in [6, 6.07) is 20.1. The summed E-state index contributed by atoms with van der Waals surface area (Å²) in [6.07, 6.45) is 0.323. The van der Waals surface area contributed by atoms with Crippen molar-refractivity contribution >= 4 is 0 Å². The van der Waals surface area contributed by atoms with Crippen LogP contribution in [0, 0.1) is 11.3 Å². The van der Waals surface area contributed by atoms with E-state index in [2.05, 4.69) is 18.2 Å². The van der Waals surface area contributed by atoms with Crippen molar-refractivity contribution in [3.05, 3.63) is 54.6 Å². The van der Waals surface area contributed by atoms with Crippen LogP contribution in [0.3, 0.4) is 0 Å². The zero-order chi connectivity index (χ0) is 12.8. The molecule has 1 unspecified atom stereocenters. The second kappa shape index (κ2) is 5.88. The van der Waals surface area contributed by atoms with Crippen LogP contribution < -0.4 is 4.74 Å².